The molecule has 2 N–H and O–H groups in total. The van der Waals surface area contributed by atoms with Crippen LogP contribution in [0.15, 0.2) is 28.7 Å². The highest BCUT2D eigenvalue weighted by Crippen LogP contribution is 2.28. The Morgan fingerprint density at radius 1 is 1.50 bits per heavy atom. The highest BCUT2D eigenvalue weighted by molar-refractivity contribution is 9.10. The first-order valence-electron chi connectivity index (χ1n) is 6.49. The molecule has 1 atom stereocenters. The van der Waals surface area contributed by atoms with Gasteiger partial charge in [-0.3, -0.25) is 4.79 Å². The number of anilines is 1. The van der Waals surface area contributed by atoms with Crippen molar-refractivity contribution in [3.63, 3.8) is 0 Å². The Kier molecular flexibility index (Phi) is 4.40. The topological polar surface area (TPSA) is 41.1 Å². The maximum absolute atomic E-state index is 12.5. The number of carbonyl (C=O) groups excluding carboxylic acids is 1. The maximum Gasteiger partial charge on any atom is 0.244 e. The average molecular weight is 311 g/mol. The quantitative estimate of drug-likeness (QED) is 0.896. The zero-order valence-corrected chi connectivity index (χ0v) is 12.2. The van der Waals surface area contributed by atoms with E-state index in [1.807, 2.05) is 24.3 Å². The zero-order valence-electron chi connectivity index (χ0n) is 10.6. The van der Waals surface area contributed by atoms with Gasteiger partial charge in [0.15, 0.2) is 0 Å². The van der Waals surface area contributed by atoms with Gasteiger partial charge in [-0.2, -0.15) is 0 Å². The van der Waals surface area contributed by atoms with Crippen molar-refractivity contribution in [3.05, 3.63) is 28.7 Å². The number of hydrogen-bond donors (Lipinski definition) is 2. The first-order valence-corrected chi connectivity index (χ1v) is 7.28. The molecule has 1 unspecified atom stereocenters. The lowest BCUT2D eigenvalue weighted by Crippen LogP contribution is -2.50. The Balaban J connectivity index is 2.13. The minimum atomic E-state index is -0.371. The Morgan fingerprint density at radius 3 is 2.89 bits per heavy atom. The largest absolute Gasteiger partial charge is 0.323 e. The van der Waals surface area contributed by atoms with Crippen molar-refractivity contribution in [1.29, 1.82) is 0 Å². The molecule has 1 saturated heterocycles. The molecule has 1 aliphatic heterocycles. The molecule has 1 aromatic carbocycles. The van der Waals surface area contributed by atoms with Crippen LogP contribution in [0.2, 0.25) is 0 Å². The standard InChI is InChI=1S/C14H19BrN2O/c1-2-8-14(9-5-10-16-14)13(18)17-12-7-4-3-6-11(12)15/h3-4,6-7,16H,2,5,8-10H2,1H3,(H,17,18). The molecule has 18 heavy (non-hydrogen) atoms. The minimum Gasteiger partial charge on any atom is -0.323 e. The fraction of sp³-hybridized carbons (Fsp3) is 0.500. The number of halogens is 1. The number of amides is 1. The van der Waals surface area contributed by atoms with E-state index < -0.39 is 0 Å². The van der Waals surface area contributed by atoms with Gasteiger partial charge in [0.05, 0.1) is 11.2 Å². The van der Waals surface area contributed by atoms with Crippen molar-refractivity contribution < 1.29 is 4.79 Å². The molecule has 4 heteroatoms. The molecule has 1 aliphatic rings. The first kappa shape index (κ1) is 13.6. The molecule has 2 rings (SSSR count). The van der Waals surface area contributed by atoms with Crippen LogP contribution < -0.4 is 10.6 Å². The minimum absolute atomic E-state index is 0.0914. The molecule has 1 heterocycles. The number of carbonyl (C=O) groups is 1. The first-order chi connectivity index (χ1) is 8.68. The fourth-order valence-electron chi connectivity index (χ4n) is 2.56. The summed E-state index contributed by atoms with van der Waals surface area (Å²) < 4.78 is 0.919. The van der Waals surface area contributed by atoms with E-state index in [0.29, 0.717) is 0 Å². The molecule has 0 bridgehead atoms. The van der Waals surface area contributed by atoms with Gasteiger partial charge in [0, 0.05) is 4.47 Å². The van der Waals surface area contributed by atoms with Crippen LogP contribution in [-0.2, 0) is 4.79 Å². The summed E-state index contributed by atoms with van der Waals surface area (Å²) in [6.45, 7) is 3.05. The number of hydrogen-bond acceptors (Lipinski definition) is 2. The molecule has 1 amide bonds. The second kappa shape index (κ2) is 5.85. The molecule has 3 nitrogen and oxygen atoms in total. The van der Waals surface area contributed by atoms with Gasteiger partial charge in [-0.25, -0.2) is 0 Å². The van der Waals surface area contributed by atoms with E-state index in [1.165, 1.54) is 0 Å². The van der Waals surface area contributed by atoms with Crippen molar-refractivity contribution in [2.24, 2.45) is 0 Å². The Bertz CT molecular complexity index is 428. The lowest BCUT2D eigenvalue weighted by Gasteiger charge is -2.28. The van der Waals surface area contributed by atoms with Crippen LogP contribution in [0.1, 0.15) is 32.6 Å². The fourth-order valence-corrected chi connectivity index (χ4v) is 2.94. The highest BCUT2D eigenvalue weighted by atomic mass is 79.9. The molecule has 1 fully saturated rings. The Hall–Kier alpha value is -0.870. The summed E-state index contributed by atoms with van der Waals surface area (Å²) in [5.41, 5.74) is 0.469. The molecule has 0 aromatic heterocycles. The van der Waals surface area contributed by atoms with Crippen molar-refractivity contribution in [2.75, 3.05) is 11.9 Å². The van der Waals surface area contributed by atoms with Gasteiger partial charge in [0.1, 0.15) is 0 Å². The van der Waals surface area contributed by atoms with E-state index in [1.54, 1.807) is 0 Å². The van der Waals surface area contributed by atoms with Gasteiger partial charge in [-0.05, 0) is 53.9 Å². The van der Waals surface area contributed by atoms with E-state index in [0.717, 1.165) is 42.4 Å². The van der Waals surface area contributed by atoms with Crippen molar-refractivity contribution in [2.45, 2.75) is 38.1 Å². The number of para-hydroxylation sites is 1. The summed E-state index contributed by atoms with van der Waals surface area (Å²) >= 11 is 3.45. The molecule has 1 aromatic rings. The van der Waals surface area contributed by atoms with Crippen LogP contribution in [-0.4, -0.2) is 18.0 Å². The van der Waals surface area contributed by atoms with Gasteiger partial charge >= 0.3 is 0 Å². The third-order valence-corrected chi connectivity index (χ3v) is 4.17. The van der Waals surface area contributed by atoms with Gasteiger partial charge in [0.25, 0.3) is 0 Å². The molecule has 0 radical (unpaired) electrons. The van der Waals surface area contributed by atoms with Crippen molar-refractivity contribution in [3.8, 4) is 0 Å². The van der Waals surface area contributed by atoms with Crippen LogP contribution in [0.5, 0.6) is 0 Å². The summed E-state index contributed by atoms with van der Waals surface area (Å²) in [6.07, 6.45) is 3.90. The monoisotopic (exact) mass is 310 g/mol. The van der Waals surface area contributed by atoms with Crippen molar-refractivity contribution in [1.82, 2.24) is 5.32 Å². The molecular formula is C14H19BrN2O. The van der Waals surface area contributed by atoms with Gasteiger partial charge < -0.3 is 10.6 Å². The molecular weight excluding hydrogens is 292 g/mol. The highest BCUT2D eigenvalue weighted by Gasteiger charge is 2.39. The van der Waals surface area contributed by atoms with E-state index in [4.69, 9.17) is 0 Å². The summed E-state index contributed by atoms with van der Waals surface area (Å²) in [7, 11) is 0. The summed E-state index contributed by atoms with van der Waals surface area (Å²) in [5, 5.41) is 6.41. The molecule has 0 spiro atoms. The van der Waals surface area contributed by atoms with E-state index >= 15 is 0 Å². The average Bonchev–Trinajstić information content (AvgIpc) is 2.82. The van der Waals surface area contributed by atoms with Gasteiger partial charge in [-0.1, -0.05) is 25.5 Å². The third-order valence-electron chi connectivity index (χ3n) is 3.48. The Labute approximate surface area is 116 Å². The van der Waals surface area contributed by atoms with Gasteiger partial charge in [0.2, 0.25) is 5.91 Å². The predicted octanol–water partition coefficient (Wildman–Crippen LogP) is 3.31. The molecule has 0 saturated carbocycles. The van der Waals surface area contributed by atoms with Crippen molar-refractivity contribution >= 4 is 27.5 Å². The van der Waals surface area contributed by atoms with E-state index in [2.05, 4.69) is 33.5 Å². The lowest BCUT2D eigenvalue weighted by atomic mass is 9.91. The maximum atomic E-state index is 12.5. The molecule has 0 aliphatic carbocycles. The second-order valence-corrected chi connectivity index (χ2v) is 5.65. The van der Waals surface area contributed by atoms with Crippen LogP contribution >= 0.6 is 15.9 Å². The van der Waals surface area contributed by atoms with Crippen LogP contribution in [0.25, 0.3) is 0 Å². The molecule has 98 valence electrons. The Morgan fingerprint density at radius 2 is 2.28 bits per heavy atom. The normalized spacial score (nSPS) is 23.0. The van der Waals surface area contributed by atoms with Crippen LogP contribution in [0.3, 0.4) is 0 Å². The van der Waals surface area contributed by atoms with E-state index in [9.17, 15) is 4.79 Å². The summed E-state index contributed by atoms with van der Waals surface area (Å²) in [4.78, 5) is 12.5. The van der Waals surface area contributed by atoms with E-state index in [-0.39, 0.29) is 11.4 Å². The van der Waals surface area contributed by atoms with Crippen LogP contribution in [0, 0.1) is 0 Å². The third kappa shape index (κ3) is 2.75. The zero-order chi connectivity index (χ0) is 13.0. The number of benzene rings is 1. The summed E-state index contributed by atoms with van der Waals surface area (Å²) in [6, 6.07) is 7.71. The van der Waals surface area contributed by atoms with Gasteiger partial charge in [-0.15, -0.1) is 0 Å². The summed E-state index contributed by atoms with van der Waals surface area (Å²) in [5.74, 6) is 0.0914. The second-order valence-electron chi connectivity index (χ2n) is 4.80. The predicted molar refractivity (Wildman–Crippen MR) is 77.6 cm³/mol. The number of rotatable bonds is 4. The SMILES string of the molecule is CCCC1(C(=O)Nc2ccccc2Br)CCCN1. The smallest absolute Gasteiger partial charge is 0.244 e. The lowest BCUT2D eigenvalue weighted by molar-refractivity contribution is -0.122. The number of nitrogens with one attached hydrogen (secondary N) is 2. The van der Waals surface area contributed by atoms with Crippen LogP contribution in [0.4, 0.5) is 5.69 Å².